The van der Waals surface area contributed by atoms with Crippen molar-refractivity contribution >= 4 is 11.6 Å². The normalized spacial score (nSPS) is 28.4. The van der Waals surface area contributed by atoms with Crippen LogP contribution in [-0.2, 0) is 6.42 Å². The molecular weight excluding hydrogens is 264 g/mol. The zero-order valence-corrected chi connectivity index (χ0v) is 12.5. The molecule has 0 aromatic heterocycles. The van der Waals surface area contributed by atoms with Gasteiger partial charge in [0.2, 0.25) is 0 Å². The van der Waals surface area contributed by atoms with Gasteiger partial charge in [0.15, 0.2) is 0 Å². The molecule has 0 bridgehead atoms. The summed E-state index contributed by atoms with van der Waals surface area (Å²) in [5.41, 5.74) is 5.70. The van der Waals surface area contributed by atoms with Crippen molar-refractivity contribution in [2.24, 2.45) is 11.8 Å². The predicted octanol–water partition coefficient (Wildman–Crippen LogP) is 5.25. The van der Waals surface area contributed by atoms with E-state index in [0.717, 1.165) is 5.92 Å². The summed E-state index contributed by atoms with van der Waals surface area (Å²) in [7, 11) is 0. The van der Waals surface area contributed by atoms with Crippen molar-refractivity contribution in [2.45, 2.75) is 31.1 Å². The molecule has 1 heteroatoms. The van der Waals surface area contributed by atoms with Gasteiger partial charge in [0.25, 0.3) is 0 Å². The maximum absolute atomic E-state index is 6.80. The number of alkyl halides is 1. The molecule has 0 saturated heterocycles. The third-order valence-electron chi connectivity index (χ3n) is 5.12. The van der Waals surface area contributed by atoms with Crippen LogP contribution in [-0.4, -0.2) is 0 Å². The molecule has 2 aliphatic carbocycles. The molecule has 0 aliphatic heterocycles. The van der Waals surface area contributed by atoms with E-state index in [0.29, 0.717) is 11.8 Å². The maximum atomic E-state index is 6.80. The van der Waals surface area contributed by atoms with Crippen molar-refractivity contribution in [3.63, 3.8) is 0 Å². The Morgan fingerprint density at radius 2 is 1.80 bits per heavy atom. The smallest absolute Gasteiger partial charge is 0.0622 e. The third kappa shape index (κ3) is 1.90. The Hall–Kier alpha value is -1.27. The quantitative estimate of drug-likeness (QED) is 0.660. The van der Waals surface area contributed by atoms with Crippen molar-refractivity contribution in [3.8, 4) is 0 Å². The molecule has 0 heterocycles. The topological polar surface area (TPSA) is 0 Å². The van der Waals surface area contributed by atoms with Crippen LogP contribution in [0.2, 0.25) is 0 Å². The molecule has 102 valence electrons. The molecule has 2 aromatic rings. The fourth-order valence-corrected chi connectivity index (χ4v) is 4.48. The zero-order chi connectivity index (χ0) is 13.7. The van der Waals surface area contributed by atoms with Crippen LogP contribution in [0.3, 0.4) is 0 Å². The van der Waals surface area contributed by atoms with Gasteiger partial charge < -0.3 is 0 Å². The molecule has 4 rings (SSSR count). The van der Waals surface area contributed by atoms with Crippen molar-refractivity contribution in [1.82, 2.24) is 0 Å². The first kappa shape index (κ1) is 12.5. The van der Waals surface area contributed by atoms with Crippen LogP contribution in [0.4, 0.5) is 0 Å². The Kier molecular flexibility index (Phi) is 2.89. The lowest BCUT2D eigenvalue weighted by atomic mass is 9.92. The van der Waals surface area contributed by atoms with Gasteiger partial charge in [-0.1, -0.05) is 54.1 Å². The average Bonchev–Trinajstić information content (AvgIpc) is 3.22. The minimum absolute atomic E-state index is 0.164. The molecule has 0 N–H and O–H groups in total. The molecule has 0 nitrogen and oxygen atoms in total. The van der Waals surface area contributed by atoms with Gasteiger partial charge in [-0.25, -0.2) is 0 Å². The summed E-state index contributed by atoms with van der Waals surface area (Å²) in [6.45, 7) is 2.13. The van der Waals surface area contributed by atoms with Gasteiger partial charge in [0.05, 0.1) is 5.38 Å². The number of hydrogen-bond acceptors (Lipinski definition) is 0. The van der Waals surface area contributed by atoms with Crippen LogP contribution in [0, 0.1) is 18.8 Å². The summed E-state index contributed by atoms with van der Waals surface area (Å²) in [6, 6.07) is 17.7. The highest BCUT2D eigenvalue weighted by Crippen LogP contribution is 2.65. The van der Waals surface area contributed by atoms with E-state index in [1.807, 2.05) is 0 Å². The van der Waals surface area contributed by atoms with E-state index in [4.69, 9.17) is 11.6 Å². The van der Waals surface area contributed by atoms with Crippen LogP contribution in [0.1, 0.15) is 40.0 Å². The lowest BCUT2D eigenvalue weighted by Crippen LogP contribution is -2.00. The van der Waals surface area contributed by atoms with E-state index < -0.39 is 0 Å². The van der Waals surface area contributed by atoms with E-state index in [1.165, 1.54) is 24.0 Å². The van der Waals surface area contributed by atoms with Crippen molar-refractivity contribution in [3.05, 3.63) is 70.8 Å². The molecule has 0 radical (unpaired) electrons. The Morgan fingerprint density at radius 3 is 2.60 bits per heavy atom. The minimum Gasteiger partial charge on any atom is -0.117 e. The maximum Gasteiger partial charge on any atom is 0.0622 e. The summed E-state index contributed by atoms with van der Waals surface area (Å²) < 4.78 is 0. The fourth-order valence-electron chi connectivity index (χ4n) is 3.99. The Morgan fingerprint density at radius 1 is 1.05 bits per heavy atom. The lowest BCUT2D eigenvalue weighted by molar-refractivity contribution is 0.622. The first-order valence-electron chi connectivity index (χ1n) is 7.54. The highest BCUT2D eigenvalue weighted by molar-refractivity contribution is 6.21. The van der Waals surface area contributed by atoms with E-state index in [2.05, 4.69) is 55.5 Å². The molecule has 4 atom stereocenters. The second kappa shape index (κ2) is 4.63. The summed E-state index contributed by atoms with van der Waals surface area (Å²) in [5, 5.41) is 0.164. The van der Waals surface area contributed by atoms with Gasteiger partial charge >= 0.3 is 0 Å². The van der Waals surface area contributed by atoms with Crippen molar-refractivity contribution in [1.29, 1.82) is 0 Å². The molecule has 1 saturated carbocycles. The molecule has 20 heavy (non-hydrogen) atoms. The highest BCUT2D eigenvalue weighted by atomic mass is 35.5. The molecule has 0 amide bonds. The molecule has 1 fully saturated rings. The molecule has 4 unspecified atom stereocenters. The number of hydrogen-bond donors (Lipinski definition) is 0. The first-order valence-corrected chi connectivity index (χ1v) is 7.98. The number of halogens is 1. The first-order chi connectivity index (χ1) is 9.75. The zero-order valence-electron chi connectivity index (χ0n) is 11.7. The van der Waals surface area contributed by atoms with Crippen LogP contribution in [0.15, 0.2) is 48.5 Å². The standard InChI is InChI=1S/C19H19Cl/c1-12-6-8-14(9-7-12)19(20)18-16-11-10-13-4-2-3-5-15(13)17(16)18/h2-9,16-19H,10-11H2,1H3. The summed E-state index contributed by atoms with van der Waals surface area (Å²) in [5.74, 6) is 2.13. The van der Waals surface area contributed by atoms with Gasteiger partial charge in [0.1, 0.15) is 0 Å². The number of benzene rings is 2. The van der Waals surface area contributed by atoms with E-state index in [-0.39, 0.29) is 5.38 Å². The highest BCUT2D eigenvalue weighted by Gasteiger charge is 2.56. The second-order valence-electron chi connectivity index (χ2n) is 6.32. The minimum atomic E-state index is 0.164. The van der Waals surface area contributed by atoms with Crippen LogP contribution in [0.5, 0.6) is 0 Å². The number of rotatable bonds is 2. The van der Waals surface area contributed by atoms with Crippen LogP contribution < -0.4 is 0 Å². The Balaban J connectivity index is 1.62. The summed E-state index contributed by atoms with van der Waals surface area (Å²) >= 11 is 6.80. The number of fused-ring (bicyclic) bond motifs is 3. The SMILES string of the molecule is Cc1ccc(C(Cl)C2C3CCc4ccccc4C32)cc1. The summed E-state index contributed by atoms with van der Waals surface area (Å²) in [6.07, 6.45) is 2.53. The van der Waals surface area contributed by atoms with Crippen LogP contribution in [0.25, 0.3) is 0 Å². The molecule has 2 aliphatic rings. The van der Waals surface area contributed by atoms with Crippen molar-refractivity contribution < 1.29 is 0 Å². The van der Waals surface area contributed by atoms with Gasteiger partial charge in [0, 0.05) is 0 Å². The van der Waals surface area contributed by atoms with Gasteiger partial charge in [-0.15, -0.1) is 11.6 Å². The molecule has 2 aromatic carbocycles. The van der Waals surface area contributed by atoms with Gasteiger partial charge in [-0.05, 0) is 54.2 Å². The summed E-state index contributed by atoms with van der Waals surface area (Å²) in [4.78, 5) is 0. The Labute approximate surface area is 125 Å². The average molecular weight is 283 g/mol. The van der Waals surface area contributed by atoms with Gasteiger partial charge in [-0.2, -0.15) is 0 Å². The lowest BCUT2D eigenvalue weighted by Gasteiger charge is -2.13. The van der Waals surface area contributed by atoms with E-state index >= 15 is 0 Å². The molecule has 0 spiro atoms. The third-order valence-corrected chi connectivity index (χ3v) is 5.67. The predicted molar refractivity (Wildman–Crippen MR) is 84.3 cm³/mol. The van der Waals surface area contributed by atoms with E-state index in [1.54, 1.807) is 11.1 Å². The van der Waals surface area contributed by atoms with Gasteiger partial charge in [-0.3, -0.25) is 0 Å². The van der Waals surface area contributed by atoms with E-state index in [9.17, 15) is 0 Å². The second-order valence-corrected chi connectivity index (χ2v) is 6.79. The fraction of sp³-hybridized carbons (Fsp3) is 0.368. The number of aryl methyl sites for hydroxylation is 2. The largest absolute Gasteiger partial charge is 0.117 e. The van der Waals surface area contributed by atoms with Crippen molar-refractivity contribution in [2.75, 3.05) is 0 Å². The van der Waals surface area contributed by atoms with Crippen LogP contribution >= 0.6 is 11.6 Å². The Bertz CT molecular complexity index is 628. The monoisotopic (exact) mass is 282 g/mol. The molecular formula is C19H19Cl.